The Kier molecular flexibility index (Phi) is 3.74. The van der Waals surface area contributed by atoms with Gasteiger partial charge < -0.3 is 10.3 Å². The Hall–Kier alpha value is -1.42. The van der Waals surface area contributed by atoms with Crippen molar-refractivity contribution in [2.24, 2.45) is 5.73 Å². The van der Waals surface area contributed by atoms with Crippen molar-refractivity contribution in [3.05, 3.63) is 29.8 Å². The highest BCUT2D eigenvalue weighted by Gasteiger charge is 2.40. The minimum absolute atomic E-state index is 0.0988. The maximum atomic E-state index is 14.1. The largest absolute Gasteiger partial charge is 0.327 e. The van der Waals surface area contributed by atoms with Gasteiger partial charge in [0.15, 0.2) is 5.82 Å². The number of nitrogens with zero attached hydrogens (tertiary/aromatic N) is 2. The number of fused-ring (bicyclic) bond motifs is 1. The lowest BCUT2D eigenvalue weighted by Gasteiger charge is -2.39. The number of imidazole rings is 1. The standard InChI is InChI=1S/C17H24FN3/c1-3-11-21-13-8-6-7-12(18)15(13)20-16(21)17(2)10-5-4-9-14(17)19/h6-8,14H,3-5,9-11,19H2,1-2H3. The van der Waals surface area contributed by atoms with Gasteiger partial charge in [-0.2, -0.15) is 0 Å². The fraction of sp³-hybridized carbons (Fsp3) is 0.588. The second-order valence-electron chi connectivity index (χ2n) is 6.46. The molecule has 0 radical (unpaired) electrons. The number of para-hydroxylation sites is 1. The van der Waals surface area contributed by atoms with Crippen LogP contribution in [0, 0.1) is 5.82 Å². The van der Waals surface area contributed by atoms with Gasteiger partial charge in [0.1, 0.15) is 11.3 Å². The molecule has 3 rings (SSSR count). The van der Waals surface area contributed by atoms with Crippen LogP contribution in [0.15, 0.2) is 18.2 Å². The van der Waals surface area contributed by atoms with Crippen LogP contribution in [0.25, 0.3) is 11.0 Å². The predicted octanol–water partition coefficient (Wildman–Crippen LogP) is 3.74. The smallest absolute Gasteiger partial charge is 0.151 e. The van der Waals surface area contributed by atoms with Crippen molar-refractivity contribution >= 4 is 11.0 Å². The van der Waals surface area contributed by atoms with Crippen LogP contribution in [0.4, 0.5) is 4.39 Å². The molecule has 0 aliphatic heterocycles. The molecule has 114 valence electrons. The molecule has 21 heavy (non-hydrogen) atoms. The molecule has 2 N–H and O–H groups in total. The van der Waals surface area contributed by atoms with Gasteiger partial charge in [-0.15, -0.1) is 0 Å². The molecule has 0 bridgehead atoms. The topological polar surface area (TPSA) is 43.8 Å². The Labute approximate surface area is 125 Å². The molecule has 3 nitrogen and oxygen atoms in total. The Morgan fingerprint density at radius 3 is 2.95 bits per heavy atom. The van der Waals surface area contributed by atoms with Gasteiger partial charge in [-0.3, -0.25) is 0 Å². The number of rotatable bonds is 3. The Morgan fingerprint density at radius 1 is 1.43 bits per heavy atom. The Morgan fingerprint density at radius 2 is 2.24 bits per heavy atom. The van der Waals surface area contributed by atoms with Gasteiger partial charge in [-0.05, 0) is 31.4 Å². The summed E-state index contributed by atoms with van der Waals surface area (Å²) in [6.07, 6.45) is 5.40. The second kappa shape index (κ2) is 5.41. The lowest BCUT2D eigenvalue weighted by atomic mass is 9.71. The second-order valence-corrected chi connectivity index (χ2v) is 6.46. The third kappa shape index (κ3) is 2.26. The minimum atomic E-state index is -0.239. The first-order valence-corrected chi connectivity index (χ1v) is 7.98. The number of halogens is 1. The number of hydrogen-bond acceptors (Lipinski definition) is 2. The normalized spacial score (nSPS) is 26.4. The molecule has 1 heterocycles. The fourth-order valence-corrected chi connectivity index (χ4v) is 3.64. The average Bonchev–Trinajstić information content (AvgIpc) is 2.84. The summed E-state index contributed by atoms with van der Waals surface area (Å²) in [6.45, 7) is 5.19. The molecule has 2 unspecified atom stereocenters. The third-order valence-corrected chi connectivity index (χ3v) is 4.97. The van der Waals surface area contributed by atoms with Crippen molar-refractivity contribution in [1.29, 1.82) is 0 Å². The predicted molar refractivity (Wildman–Crippen MR) is 83.8 cm³/mol. The lowest BCUT2D eigenvalue weighted by molar-refractivity contribution is 0.252. The van der Waals surface area contributed by atoms with Crippen molar-refractivity contribution in [3.8, 4) is 0 Å². The van der Waals surface area contributed by atoms with Crippen LogP contribution < -0.4 is 5.73 Å². The van der Waals surface area contributed by atoms with Crippen LogP contribution in [-0.4, -0.2) is 15.6 Å². The van der Waals surface area contributed by atoms with E-state index in [1.807, 2.05) is 6.07 Å². The van der Waals surface area contributed by atoms with E-state index in [1.54, 1.807) is 6.07 Å². The van der Waals surface area contributed by atoms with E-state index in [4.69, 9.17) is 5.73 Å². The van der Waals surface area contributed by atoms with Crippen LogP contribution in [0.3, 0.4) is 0 Å². The molecule has 1 saturated carbocycles. The quantitative estimate of drug-likeness (QED) is 0.935. The number of nitrogens with two attached hydrogens (primary N) is 1. The van der Waals surface area contributed by atoms with Crippen molar-refractivity contribution in [1.82, 2.24) is 9.55 Å². The molecular formula is C17H24FN3. The summed E-state index contributed by atoms with van der Waals surface area (Å²) in [6, 6.07) is 5.31. The van der Waals surface area contributed by atoms with Gasteiger partial charge in [0.05, 0.1) is 5.52 Å². The molecular weight excluding hydrogens is 265 g/mol. The molecule has 1 aliphatic rings. The highest BCUT2D eigenvalue weighted by atomic mass is 19.1. The molecule has 0 spiro atoms. The van der Waals surface area contributed by atoms with Gasteiger partial charge in [0.25, 0.3) is 0 Å². The van der Waals surface area contributed by atoms with E-state index in [0.29, 0.717) is 5.52 Å². The number of hydrogen-bond donors (Lipinski definition) is 1. The molecule has 1 aromatic heterocycles. The molecule has 2 aromatic rings. The highest BCUT2D eigenvalue weighted by Crippen LogP contribution is 2.39. The first kappa shape index (κ1) is 14.5. The molecule has 0 amide bonds. The third-order valence-electron chi connectivity index (χ3n) is 4.97. The summed E-state index contributed by atoms with van der Waals surface area (Å²) >= 11 is 0. The summed E-state index contributed by atoms with van der Waals surface area (Å²) < 4.78 is 16.3. The zero-order valence-corrected chi connectivity index (χ0v) is 12.9. The van der Waals surface area contributed by atoms with Gasteiger partial charge in [0, 0.05) is 18.0 Å². The zero-order chi connectivity index (χ0) is 15.0. The fourth-order valence-electron chi connectivity index (χ4n) is 3.64. The van der Waals surface area contributed by atoms with E-state index in [1.165, 1.54) is 18.9 Å². The Bertz CT molecular complexity index is 649. The average molecular weight is 289 g/mol. The summed E-state index contributed by atoms with van der Waals surface area (Å²) in [4.78, 5) is 4.68. The van der Waals surface area contributed by atoms with E-state index in [2.05, 4.69) is 23.4 Å². The van der Waals surface area contributed by atoms with Crippen LogP contribution >= 0.6 is 0 Å². The number of aromatic nitrogens is 2. The monoisotopic (exact) mass is 289 g/mol. The van der Waals surface area contributed by atoms with E-state index in [-0.39, 0.29) is 17.3 Å². The van der Waals surface area contributed by atoms with Gasteiger partial charge in [-0.1, -0.05) is 32.8 Å². The highest BCUT2D eigenvalue weighted by molar-refractivity contribution is 5.77. The molecule has 1 aromatic carbocycles. The van der Waals surface area contributed by atoms with E-state index in [9.17, 15) is 4.39 Å². The van der Waals surface area contributed by atoms with Crippen LogP contribution in [0.5, 0.6) is 0 Å². The SMILES string of the molecule is CCCn1c(C2(C)CCCCC2N)nc2c(F)cccc21. The zero-order valence-electron chi connectivity index (χ0n) is 12.9. The lowest BCUT2D eigenvalue weighted by Crippen LogP contribution is -2.47. The van der Waals surface area contributed by atoms with Crippen molar-refractivity contribution in [3.63, 3.8) is 0 Å². The van der Waals surface area contributed by atoms with E-state index < -0.39 is 0 Å². The van der Waals surface area contributed by atoms with Crippen molar-refractivity contribution in [2.45, 2.75) is 64.0 Å². The summed E-state index contributed by atoms with van der Waals surface area (Å²) in [5, 5.41) is 0. The van der Waals surface area contributed by atoms with Crippen LogP contribution in [0.1, 0.15) is 51.8 Å². The minimum Gasteiger partial charge on any atom is -0.327 e. The van der Waals surface area contributed by atoms with Gasteiger partial charge in [-0.25, -0.2) is 9.37 Å². The number of benzene rings is 1. The molecule has 4 heteroatoms. The molecule has 1 aliphatic carbocycles. The molecule has 2 atom stereocenters. The maximum absolute atomic E-state index is 14.1. The number of aryl methyl sites for hydroxylation is 1. The van der Waals surface area contributed by atoms with Crippen molar-refractivity contribution < 1.29 is 4.39 Å². The van der Waals surface area contributed by atoms with E-state index in [0.717, 1.165) is 37.1 Å². The Balaban J connectivity index is 2.21. The van der Waals surface area contributed by atoms with Crippen LogP contribution in [-0.2, 0) is 12.0 Å². The van der Waals surface area contributed by atoms with Crippen LogP contribution in [0.2, 0.25) is 0 Å². The first-order valence-electron chi connectivity index (χ1n) is 7.98. The summed E-state index contributed by atoms with van der Waals surface area (Å²) in [7, 11) is 0. The summed E-state index contributed by atoms with van der Waals surface area (Å²) in [5.74, 6) is 0.730. The summed E-state index contributed by atoms with van der Waals surface area (Å²) in [5.41, 5.74) is 7.65. The molecule has 1 fully saturated rings. The molecule has 0 saturated heterocycles. The maximum Gasteiger partial charge on any atom is 0.151 e. The van der Waals surface area contributed by atoms with Gasteiger partial charge in [0.2, 0.25) is 0 Å². The van der Waals surface area contributed by atoms with E-state index >= 15 is 0 Å². The first-order chi connectivity index (χ1) is 10.1. The van der Waals surface area contributed by atoms with Gasteiger partial charge >= 0.3 is 0 Å². The van der Waals surface area contributed by atoms with Crippen molar-refractivity contribution in [2.75, 3.05) is 0 Å².